The minimum absolute atomic E-state index is 0.0648. The number of nitrogens with zero attached hydrogens (tertiary/aromatic N) is 2. The van der Waals surface area contributed by atoms with E-state index in [1.54, 1.807) is 7.05 Å². The van der Waals surface area contributed by atoms with Crippen LogP contribution in [-0.4, -0.2) is 30.6 Å². The van der Waals surface area contributed by atoms with E-state index in [0.717, 1.165) is 19.4 Å². The Bertz CT molecular complexity index is 132. The molecule has 1 fully saturated rings. The summed E-state index contributed by atoms with van der Waals surface area (Å²) in [6.07, 6.45) is 2.32. The predicted molar refractivity (Wildman–Crippen MR) is 38.9 cm³/mol. The van der Waals surface area contributed by atoms with Gasteiger partial charge in [-0.15, -0.1) is 0 Å². The van der Waals surface area contributed by atoms with E-state index in [1.165, 1.54) is 0 Å². The topological polar surface area (TPSA) is 34.4 Å². The van der Waals surface area contributed by atoms with Crippen molar-refractivity contribution in [1.29, 1.82) is 0 Å². The van der Waals surface area contributed by atoms with Crippen LogP contribution in [0.1, 0.15) is 19.8 Å². The molecule has 0 saturated heterocycles. The SMILES string of the molecule is CCN(C(=O)[N]C)C1CC1. The highest BCUT2D eigenvalue weighted by Gasteiger charge is 2.31. The zero-order valence-corrected chi connectivity index (χ0v) is 6.50. The molecular weight excluding hydrogens is 128 g/mol. The number of carbonyl (C=O) groups excluding carboxylic acids is 1. The number of urea groups is 1. The zero-order chi connectivity index (χ0) is 7.56. The number of hydrogen-bond donors (Lipinski definition) is 0. The van der Waals surface area contributed by atoms with Gasteiger partial charge in [0.1, 0.15) is 0 Å². The smallest absolute Gasteiger partial charge is 0.321 e. The maximum absolute atomic E-state index is 11.0. The molecular formula is C7H13N2O. The molecule has 0 aliphatic heterocycles. The molecule has 0 unspecified atom stereocenters. The van der Waals surface area contributed by atoms with Gasteiger partial charge in [-0.1, -0.05) is 0 Å². The molecule has 0 spiro atoms. The Morgan fingerprint density at radius 2 is 2.30 bits per heavy atom. The Morgan fingerprint density at radius 3 is 2.60 bits per heavy atom. The van der Waals surface area contributed by atoms with Crippen LogP contribution in [0.25, 0.3) is 0 Å². The molecule has 0 aromatic carbocycles. The van der Waals surface area contributed by atoms with Crippen molar-refractivity contribution in [3.8, 4) is 0 Å². The number of carbonyl (C=O) groups is 1. The van der Waals surface area contributed by atoms with E-state index in [9.17, 15) is 4.79 Å². The number of rotatable bonds is 2. The van der Waals surface area contributed by atoms with Crippen LogP contribution in [-0.2, 0) is 0 Å². The van der Waals surface area contributed by atoms with Crippen molar-refractivity contribution in [1.82, 2.24) is 10.2 Å². The van der Waals surface area contributed by atoms with Crippen molar-refractivity contribution in [2.75, 3.05) is 13.6 Å². The maximum Gasteiger partial charge on any atom is 0.338 e. The molecule has 0 aromatic heterocycles. The van der Waals surface area contributed by atoms with E-state index >= 15 is 0 Å². The van der Waals surface area contributed by atoms with Crippen LogP contribution >= 0.6 is 0 Å². The third-order valence-electron chi connectivity index (χ3n) is 1.77. The summed E-state index contributed by atoms with van der Waals surface area (Å²) < 4.78 is 0. The van der Waals surface area contributed by atoms with Gasteiger partial charge in [-0.2, -0.15) is 0 Å². The van der Waals surface area contributed by atoms with Crippen LogP contribution in [0.15, 0.2) is 0 Å². The first-order chi connectivity index (χ1) is 4.79. The van der Waals surface area contributed by atoms with E-state index < -0.39 is 0 Å². The lowest BCUT2D eigenvalue weighted by molar-refractivity contribution is 0.199. The molecule has 0 bridgehead atoms. The largest absolute Gasteiger partial charge is 0.338 e. The minimum Gasteiger partial charge on any atom is -0.321 e. The molecule has 3 nitrogen and oxygen atoms in total. The van der Waals surface area contributed by atoms with E-state index in [1.807, 2.05) is 11.8 Å². The van der Waals surface area contributed by atoms with Gasteiger partial charge < -0.3 is 4.90 Å². The molecule has 57 valence electrons. The lowest BCUT2D eigenvalue weighted by atomic mass is 10.5. The third-order valence-corrected chi connectivity index (χ3v) is 1.77. The lowest BCUT2D eigenvalue weighted by Gasteiger charge is -2.17. The van der Waals surface area contributed by atoms with E-state index in [2.05, 4.69) is 5.32 Å². The fraction of sp³-hybridized carbons (Fsp3) is 0.857. The quantitative estimate of drug-likeness (QED) is 0.560. The molecule has 1 radical (unpaired) electrons. The molecule has 0 aromatic rings. The number of hydrogen-bond acceptors (Lipinski definition) is 1. The summed E-state index contributed by atoms with van der Waals surface area (Å²) >= 11 is 0. The fourth-order valence-corrected chi connectivity index (χ4v) is 1.06. The predicted octanol–water partition coefficient (Wildman–Crippen LogP) is 0.825. The van der Waals surface area contributed by atoms with Crippen LogP contribution in [0.4, 0.5) is 4.79 Å². The second-order valence-corrected chi connectivity index (χ2v) is 2.52. The molecule has 0 N–H and O–H groups in total. The molecule has 3 heteroatoms. The first kappa shape index (κ1) is 7.38. The Morgan fingerprint density at radius 1 is 1.70 bits per heavy atom. The van der Waals surface area contributed by atoms with Gasteiger partial charge in [-0.3, -0.25) is 0 Å². The fourth-order valence-electron chi connectivity index (χ4n) is 1.06. The highest BCUT2D eigenvalue weighted by molar-refractivity contribution is 5.74. The molecule has 1 aliphatic carbocycles. The molecule has 1 rings (SSSR count). The standard InChI is InChI=1S/C7H13N2O/c1-3-9(6-4-5-6)7(10)8-2/h6H,3-5H2,1-2H3. The normalized spacial score (nSPS) is 16.6. The maximum atomic E-state index is 11.0. The summed E-state index contributed by atoms with van der Waals surface area (Å²) in [6.45, 7) is 2.78. The Hall–Kier alpha value is -0.730. The van der Waals surface area contributed by atoms with Crippen LogP contribution in [0.2, 0.25) is 0 Å². The molecule has 1 aliphatic rings. The highest BCUT2D eigenvalue weighted by Crippen LogP contribution is 2.26. The van der Waals surface area contributed by atoms with Gasteiger partial charge in [0.2, 0.25) is 0 Å². The van der Waals surface area contributed by atoms with E-state index in [0.29, 0.717) is 6.04 Å². The second kappa shape index (κ2) is 2.90. The highest BCUT2D eigenvalue weighted by atomic mass is 16.2. The van der Waals surface area contributed by atoms with Gasteiger partial charge in [-0.05, 0) is 19.8 Å². The molecule has 0 heterocycles. The van der Waals surface area contributed by atoms with Gasteiger partial charge in [0.25, 0.3) is 0 Å². The Labute approximate surface area is 61.4 Å². The van der Waals surface area contributed by atoms with Gasteiger partial charge >= 0.3 is 6.03 Å². The summed E-state index contributed by atoms with van der Waals surface area (Å²) in [5.41, 5.74) is 0. The molecule has 10 heavy (non-hydrogen) atoms. The average Bonchev–Trinajstić information content (AvgIpc) is 2.73. The van der Waals surface area contributed by atoms with Gasteiger partial charge in [0.15, 0.2) is 0 Å². The van der Waals surface area contributed by atoms with Gasteiger partial charge in [0.05, 0.1) is 0 Å². The molecule has 1 saturated carbocycles. The van der Waals surface area contributed by atoms with Crippen molar-refractivity contribution in [3.05, 3.63) is 0 Å². The average molecular weight is 141 g/mol. The van der Waals surface area contributed by atoms with Crippen molar-refractivity contribution in [2.24, 2.45) is 0 Å². The van der Waals surface area contributed by atoms with Gasteiger partial charge in [-0.25, -0.2) is 10.1 Å². The van der Waals surface area contributed by atoms with Crippen LogP contribution < -0.4 is 5.32 Å². The minimum atomic E-state index is -0.0648. The summed E-state index contributed by atoms with van der Waals surface area (Å²) in [7, 11) is 1.55. The Balaban J connectivity index is 2.38. The summed E-state index contributed by atoms with van der Waals surface area (Å²) in [5.74, 6) is 0. The molecule has 2 amide bonds. The lowest BCUT2D eigenvalue weighted by Crippen LogP contribution is -2.36. The van der Waals surface area contributed by atoms with Crippen LogP contribution in [0.5, 0.6) is 0 Å². The van der Waals surface area contributed by atoms with E-state index in [4.69, 9.17) is 0 Å². The summed E-state index contributed by atoms with van der Waals surface area (Å²) in [4.78, 5) is 12.8. The summed E-state index contributed by atoms with van der Waals surface area (Å²) in [6, 6.07) is 0.436. The zero-order valence-electron chi connectivity index (χ0n) is 6.50. The van der Waals surface area contributed by atoms with Crippen LogP contribution in [0.3, 0.4) is 0 Å². The Kier molecular flexibility index (Phi) is 2.14. The van der Waals surface area contributed by atoms with Gasteiger partial charge in [0, 0.05) is 19.6 Å². The van der Waals surface area contributed by atoms with Crippen molar-refractivity contribution in [2.45, 2.75) is 25.8 Å². The van der Waals surface area contributed by atoms with E-state index in [-0.39, 0.29) is 6.03 Å². The first-order valence-corrected chi connectivity index (χ1v) is 3.70. The van der Waals surface area contributed by atoms with Crippen molar-refractivity contribution >= 4 is 6.03 Å². The second-order valence-electron chi connectivity index (χ2n) is 2.52. The summed E-state index contributed by atoms with van der Waals surface area (Å²) in [5, 5.41) is 3.61. The van der Waals surface area contributed by atoms with Crippen molar-refractivity contribution in [3.63, 3.8) is 0 Å². The third kappa shape index (κ3) is 1.40. The molecule has 0 atom stereocenters. The first-order valence-electron chi connectivity index (χ1n) is 3.70. The van der Waals surface area contributed by atoms with Crippen LogP contribution in [0, 0.1) is 0 Å². The number of amides is 2. The monoisotopic (exact) mass is 141 g/mol. The van der Waals surface area contributed by atoms with Crippen molar-refractivity contribution < 1.29 is 4.79 Å².